The summed E-state index contributed by atoms with van der Waals surface area (Å²) in [5.74, 6) is 0.689. The van der Waals surface area contributed by atoms with Gasteiger partial charge in [0.15, 0.2) is 5.13 Å². The summed E-state index contributed by atoms with van der Waals surface area (Å²) >= 11 is 1.56. The molecular formula is C8H11N5S. The number of anilines is 2. The fraction of sp³-hybridized carbons (Fsp3) is 0.250. The van der Waals surface area contributed by atoms with Gasteiger partial charge in [0.1, 0.15) is 5.82 Å². The lowest BCUT2D eigenvalue weighted by atomic mass is 10.3. The van der Waals surface area contributed by atoms with Crippen LogP contribution in [0.1, 0.15) is 5.56 Å². The summed E-state index contributed by atoms with van der Waals surface area (Å²) in [6.07, 6.45) is 3.52. The van der Waals surface area contributed by atoms with E-state index in [1.807, 2.05) is 12.4 Å². The predicted octanol–water partition coefficient (Wildman–Crippen LogP) is 1.07. The first-order chi connectivity index (χ1) is 6.77. The first-order valence-electron chi connectivity index (χ1n) is 4.17. The van der Waals surface area contributed by atoms with E-state index in [0.717, 1.165) is 10.7 Å². The first kappa shape index (κ1) is 9.01. The highest BCUT2D eigenvalue weighted by atomic mass is 32.1. The number of thiazole rings is 1. The molecule has 0 unspecified atom stereocenters. The van der Waals surface area contributed by atoms with Gasteiger partial charge >= 0.3 is 0 Å². The van der Waals surface area contributed by atoms with E-state index >= 15 is 0 Å². The standard InChI is InChI=1S/C8H11N5S/c1-13-7(9)6(5-12-13)4-11-8-10-2-3-14-8/h2-3,5H,4,9H2,1H3,(H,10,11). The van der Waals surface area contributed by atoms with Gasteiger partial charge in [-0.15, -0.1) is 11.3 Å². The molecule has 3 N–H and O–H groups in total. The van der Waals surface area contributed by atoms with Gasteiger partial charge in [0, 0.05) is 30.7 Å². The second-order valence-electron chi connectivity index (χ2n) is 2.87. The smallest absolute Gasteiger partial charge is 0.182 e. The van der Waals surface area contributed by atoms with Crippen LogP contribution in [0.4, 0.5) is 10.9 Å². The molecule has 2 aromatic heterocycles. The number of aryl methyl sites for hydroxylation is 1. The van der Waals surface area contributed by atoms with Crippen molar-refractivity contribution in [1.82, 2.24) is 14.8 Å². The van der Waals surface area contributed by atoms with Crippen molar-refractivity contribution < 1.29 is 0 Å². The Morgan fingerprint density at radius 2 is 2.50 bits per heavy atom. The highest BCUT2D eigenvalue weighted by molar-refractivity contribution is 7.13. The third-order valence-corrected chi connectivity index (χ3v) is 2.66. The summed E-state index contributed by atoms with van der Waals surface area (Å²) in [6.45, 7) is 0.660. The van der Waals surface area contributed by atoms with E-state index in [9.17, 15) is 0 Å². The minimum absolute atomic E-state index is 0.660. The molecule has 2 heterocycles. The van der Waals surface area contributed by atoms with Crippen molar-refractivity contribution in [3.63, 3.8) is 0 Å². The Morgan fingerprint density at radius 3 is 3.07 bits per heavy atom. The molecule has 74 valence electrons. The third kappa shape index (κ3) is 1.69. The summed E-state index contributed by atoms with van der Waals surface area (Å²) in [6, 6.07) is 0. The average molecular weight is 209 g/mol. The zero-order valence-electron chi connectivity index (χ0n) is 7.77. The van der Waals surface area contributed by atoms with Crippen LogP contribution in [0.15, 0.2) is 17.8 Å². The highest BCUT2D eigenvalue weighted by Crippen LogP contribution is 2.14. The van der Waals surface area contributed by atoms with Crippen molar-refractivity contribution in [2.75, 3.05) is 11.1 Å². The van der Waals surface area contributed by atoms with Crippen molar-refractivity contribution in [2.24, 2.45) is 7.05 Å². The van der Waals surface area contributed by atoms with Gasteiger partial charge in [-0.1, -0.05) is 0 Å². The molecule has 0 aliphatic rings. The minimum Gasteiger partial charge on any atom is -0.384 e. The maximum atomic E-state index is 5.79. The normalized spacial score (nSPS) is 10.4. The van der Waals surface area contributed by atoms with Gasteiger partial charge in [-0.3, -0.25) is 4.68 Å². The van der Waals surface area contributed by atoms with Crippen LogP contribution in [0.25, 0.3) is 0 Å². The average Bonchev–Trinajstić information content (AvgIpc) is 2.77. The summed E-state index contributed by atoms with van der Waals surface area (Å²) < 4.78 is 1.65. The minimum atomic E-state index is 0.660. The molecule has 0 atom stereocenters. The summed E-state index contributed by atoms with van der Waals surface area (Å²) in [4.78, 5) is 4.11. The summed E-state index contributed by atoms with van der Waals surface area (Å²) in [5, 5.41) is 10.0. The van der Waals surface area contributed by atoms with Crippen LogP contribution >= 0.6 is 11.3 Å². The molecule has 0 aromatic carbocycles. The van der Waals surface area contributed by atoms with E-state index in [-0.39, 0.29) is 0 Å². The summed E-state index contributed by atoms with van der Waals surface area (Å²) in [7, 11) is 1.82. The Balaban J connectivity index is 2.02. The Labute approximate surface area is 85.6 Å². The Hall–Kier alpha value is -1.56. The van der Waals surface area contributed by atoms with Crippen LogP contribution in [-0.2, 0) is 13.6 Å². The van der Waals surface area contributed by atoms with Crippen molar-refractivity contribution in [3.8, 4) is 0 Å². The maximum absolute atomic E-state index is 5.79. The van der Waals surface area contributed by atoms with Crippen molar-refractivity contribution in [1.29, 1.82) is 0 Å². The van der Waals surface area contributed by atoms with Gasteiger partial charge in [-0.25, -0.2) is 4.98 Å². The lowest BCUT2D eigenvalue weighted by Crippen LogP contribution is -2.03. The van der Waals surface area contributed by atoms with Crippen LogP contribution in [0.5, 0.6) is 0 Å². The molecule has 0 spiro atoms. The fourth-order valence-electron chi connectivity index (χ4n) is 1.11. The molecule has 0 saturated heterocycles. The van der Waals surface area contributed by atoms with E-state index < -0.39 is 0 Å². The van der Waals surface area contributed by atoms with E-state index in [2.05, 4.69) is 15.4 Å². The molecule has 2 rings (SSSR count). The van der Waals surface area contributed by atoms with Crippen LogP contribution in [-0.4, -0.2) is 14.8 Å². The number of nitrogen functional groups attached to an aromatic ring is 1. The molecule has 6 heteroatoms. The van der Waals surface area contributed by atoms with Crippen LogP contribution in [0.2, 0.25) is 0 Å². The van der Waals surface area contributed by atoms with Gasteiger partial charge in [0.05, 0.1) is 6.20 Å². The highest BCUT2D eigenvalue weighted by Gasteiger charge is 2.04. The number of hydrogen-bond donors (Lipinski definition) is 2. The van der Waals surface area contributed by atoms with E-state index in [1.165, 1.54) is 0 Å². The molecule has 0 aliphatic carbocycles. The maximum Gasteiger partial charge on any atom is 0.182 e. The van der Waals surface area contributed by atoms with Crippen LogP contribution in [0.3, 0.4) is 0 Å². The second kappa shape index (κ2) is 3.67. The Kier molecular flexibility index (Phi) is 2.36. The number of rotatable bonds is 3. The molecule has 2 aromatic rings. The molecule has 5 nitrogen and oxygen atoms in total. The van der Waals surface area contributed by atoms with E-state index in [1.54, 1.807) is 28.4 Å². The van der Waals surface area contributed by atoms with Crippen LogP contribution in [0, 0.1) is 0 Å². The lowest BCUT2D eigenvalue weighted by Gasteiger charge is -2.01. The van der Waals surface area contributed by atoms with Crippen molar-refractivity contribution in [2.45, 2.75) is 6.54 Å². The van der Waals surface area contributed by atoms with E-state index in [0.29, 0.717) is 12.4 Å². The topological polar surface area (TPSA) is 68.8 Å². The molecule has 0 saturated carbocycles. The lowest BCUT2D eigenvalue weighted by molar-refractivity contribution is 0.778. The Bertz CT molecular complexity index is 405. The fourth-order valence-corrected chi connectivity index (χ4v) is 1.64. The third-order valence-electron chi connectivity index (χ3n) is 1.93. The monoisotopic (exact) mass is 209 g/mol. The predicted molar refractivity (Wildman–Crippen MR) is 57.1 cm³/mol. The SMILES string of the molecule is Cn1ncc(CNc2nccs2)c1N. The molecule has 0 aliphatic heterocycles. The molecular weight excluding hydrogens is 198 g/mol. The largest absolute Gasteiger partial charge is 0.384 e. The number of hydrogen-bond acceptors (Lipinski definition) is 5. The molecule has 0 amide bonds. The zero-order chi connectivity index (χ0) is 9.97. The van der Waals surface area contributed by atoms with Crippen molar-refractivity contribution >= 4 is 22.3 Å². The molecule has 0 radical (unpaired) electrons. The van der Waals surface area contributed by atoms with Gasteiger partial charge < -0.3 is 11.1 Å². The van der Waals surface area contributed by atoms with Crippen LogP contribution < -0.4 is 11.1 Å². The summed E-state index contributed by atoms with van der Waals surface area (Å²) in [5.41, 5.74) is 6.77. The molecule has 0 fully saturated rings. The zero-order valence-corrected chi connectivity index (χ0v) is 8.58. The number of nitrogens with zero attached hydrogens (tertiary/aromatic N) is 3. The van der Waals surface area contributed by atoms with Gasteiger partial charge in [-0.2, -0.15) is 5.10 Å². The van der Waals surface area contributed by atoms with Gasteiger partial charge in [0.2, 0.25) is 0 Å². The second-order valence-corrected chi connectivity index (χ2v) is 3.76. The van der Waals surface area contributed by atoms with Gasteiger partial charge in [0.25, 0.3) is 0 Å². The quantitative estimate of drug-likeness (QED) is 0.793. The number of nitrogens with one attached hydrogen (secondary N) is 1. The van der Waals surface area contributed by atoms with Gasteiger partial charge in [-0.05, 0) is 0 Å². The first-order valence-corrected chi connectivity index (χ1v) is 5.05. The number of aromatic nitrogens is 3. The molecule has 14 heavy (non-hydrogen) atoms. The molecule has 0 bridgehead atoms. The van der Waals surface area contributed by atoms with Crippen molar-refractivity contribution in [3.05, 3.63) is 23.3 Å². The number of nitrogens with two attached hydrogens (primary N) is 1. The Morgan fingerprint density at radius 1 is 1.64 bits per heavy atom. The van der Waals surface area contributed by atoms with E-state index in [4.69, 9.17) is 5.73 Å².